The number of rotatable bonds is 3. The van der Waals surface area contributed by atoms with E-state index in [1.807, 2.05) is 30.3 Å². The van der Waals surface area contributed by atoms with Gasteiger partial charge in [0.15, 0.2) is 0 Å². The minimum absolute atomic E-state index is 0.152. The minimum atomic E-state index is -1.10. The number of fused-ring (bicyclic) bond motifs is 1. The maximum absolute atomic E-state index is 12.2. The molecule has 1 aliphatic heterocycles. The summed E-state index contributed by atoms with van der Waals surface area (Å²) in [5.41, 5.74) is 0.172. The molecule has 5 heteroatoms. The highest BCUT2D eigenvalue weighted by atomic mass is 79.9. The second-order valence-electron chi connectivity index (χ2n) is 5.32. The average molecular weight is 362 g/mol. The van der Waals surface area contributed by atoms with Gasteiger partial charge in [0.2, 0.25) is 0 Å². The Bertz CT molecular complexity index is 704. The molecule has 1 amide bonds. The van der Waals surface area contributed by atoms with Crippen LogP contribution in [0.1, 0.15) is 22.3 Å². The second-order valence-corrected chi connectivity index (χ2v) is 6.23. The van der Waals surface area contributed by atoms with Crippen molar-refractivity contribution in [1.82, 2.24) is 5.32 Å². The molecule has 0 saturated heterocycles. The number of nitrogens with one attached hydrogen (secondary N) is 1. The zero-order chi connectivity index (χ0) is 15.6. The molecule has 0 aliphatic carbocycles. The summed E-state index contributed by atoms with van der Waals surface area (Å²) in [4.78, 5) is 12.2. The van der Waals surface area contributed by atoms with Gasteiger partial charge in [-0.1, -0.05) is 40.2 Å². The quantitative estimate of drug-likeness (QED) is 0.883. The van der Waals surface area contributed by atoms with Crippen LogP contribution in [0.2, 0.25) is 0 Å². The Hall–Kier alpha value is -1.85. The molecule has 1 heterocycles. The lowest BCUT2D eigenvalue weighted by Gasteiger charge is -2.34. The zero-order valence-electron chi connectivity index (χ0n) is 11.9. The van der Waals surface area contributed by atoms with E-state index in [0.717, 1.165) is 10.0 Å². The highest BCUT2D eigenvalue weighted by Crippen LogP contribution is 2.36. The van der Waals surface area contributed by atoms with Gasteiger partial charge >= 0.3 is 0 Å². The van der Waals surface area contributed by atoms with Gasteiger partial charge in [-0.2, -0.15) is 0 Å². The summed E-state index contributed by atoms with van der Waals surface area (Å²) in [6.07, 6.45) is 0.447. The molecule has 1 aliphatic rings. The first kappa shape index (κ1) is 15.1. The number of hydrogen-bond acceptors (Lipinski definition) is 3. The minimum Gasteiger partial charge on any atom is -0.493 e. The molecule has 2 aromatic rings. The van der Waals surface area contributed by atoms with E-state index in [2.05, 4.69) is 21.2 Å². The van der Waals surface area contributed by atoms with E-state index in [-0.39, 0.29) is 12.5 Å². The van der Waals surface area contributed by atoms with E-state index >= 15 is 0 Å². The summed E-state index contributed by atoms with van der Waals surface area (Å²) in [7, 11) is 0. The van der Waals surface area contributed by atoms with E-state index in [1.54, 1.807) is 18.2 Å². The number of ether oxygens (including phenoxy) is 1. The van der Waals surface area contributed by atoms with Crippen LogP contribution in [0, 0.1) is 0 Å². The van der Waals surface area contributed by atoms with Crippen molar-refractivity contribution >= 4 is 21.8 Å². The summed E-state index contributed by atoms with van der Waals surface area (Å²) in [5, 5.41) is 13.7. The van der Waals surface area contributed by atoms with Crippen molar-refractivity contribution in [2.45, 2.75) is 12.0 Å². The first-order valence-electron chi connectivity index (χ1n) is 7.07. The smallest absolute Gasteiger partial charge is 0.251 e. The summed E-state index contributed by atoms with van der Waals surface area (Å²) >= 11 is 3.34. The molecule has 0 saturated carbocycles. The number of amides is 1. The SMILES string of the molecule is O=C(NC[C@]1(O)CCOc2ccccc21)c1cccc(Br)c1. The van der Waals surface area contributed by atoms with Crippen molar-refractivity contribution in [3.8, 4) is 5.75 Å². The fourth-order valence-corrected chi connectivity index (χ4v) is 2.98. The third kappa shape index (κ3) is 3.00. The third-order valence-electron chi connectivity index (χ3n) is 3.79. The Morgan fingerprint density at radius 3 is 2.91 bits per heavy atom. The summed E-state index contributed by atoms with van der Waals surface area (Å²) in [6, 6.07) is 14.5. The van der Waals surface area contributed by atoms with Gasteiger partial charge < -0.3 is 15.2 Å². The molecule has 2 N–H and O–H groups in total. The normalized spacial score (nSPS) is 19.9. The van der Waals surface area contributed by atoms with E-state index < -0.39 is 5.60 Å². The van der Waals surface area contributed by atoms with Gasteiger partial charge in [-0.15, -0.1) is 0 Å². The molecule has 4 nitrogen and oxygen atoms in total. The highest BCUT2D eigenvalue weighted by molar-refractivity contribution is 9.10. The van der Waals surface area contributed by atoms with Crippen molar-refractivity contribution in [2.75, 3.05) is 13.2 Å². The first-order chi connectivity index (χ1) is 10.6. The van der Waals surface area contributed by atoms with Gasteiger partial charge in [-0.25, -0.2) is 0 Å². The summed E-state index contributed by atoms with van der Waals surface area (Å²) in [5.74, 6) is 0.464. The van der Waals surface area contributed by atoms with Crippen molar-refractivity contribution < 1.29 is 14.6 Å². The number of benzene rings is 2. The number of halogens is 1. The fraction of sp³-hybridized carbons (Fsp3) is 0.235. The van der Waals surface area contributed by atoms with E-state index in [0.29, 0.717) is 24.3 Å². The summed E-state index contributed by atoms with van der Waals surface area (Å²) < 4.78 is 6.39. The Labute approximate surface area is 137 Å². The van der Waals surface area contributed by atoms with Gasteiger partial charge in [0.1, 0.15) is 11.4 Å². The predicted molar refractivity (Wildman–Crippen MR) is 86.9 cm³/mol. The molecule has 0 aromatic heterocycles. The number of carbonyl (C=O) groups excluding carboxylic acids is 1. The van der Waals surface area contributed by atoms with Crippen molar-refractivity contribution in [1.29, 1.82) is 0 Å². The van der Waals surface area contributed by atoms with Gasteiger partial charge in [-0.3, -0.25) is 4.79 Å². The Kier molecular flexibility index (Phi) is 4.18. The molecular formula is C17H16BrNO3. The highest BCUT2D eigenvalue weighted by Gasteiger charge is 2.35. The molecule has 2 aromatic carbocycles. The van der Waals surface area contributed by atoms with Gasteiger partial charge in [0, 0.05) is 22.0 Å². The van der Waals surface area contributed by atoms with E-state index in [4.69, 9.17) is 4.74 Å². The van der Waals surface area contributed by atoms with Crippen LogP contribution >= 0.6 is 15.9 Å². The second kappa shape index (κ2) is 6.10. The maximum atomic E-state index is 12.2. The van der Waals surface area contributed by atoms with Crippen LogP contribution in [0.3, 0.4) is 0 Å². The van der Waals surface area contributed by atoms with Gasteiger partial charge in [0.05, 0.1) is 13.2 Å². The molecule has 0 spiro atoms. The molecule has 114 valence electrons. The molecule has 22 heavy (non-hydrogen) atoms. The molecule has 0 radical (unpaired) electrons. The predicted octanol–water partition coefficient (Wildman–Crippen LogP) is 2.85. The van der Waals surface area contributed by atoms with Crippen LogP contribution in [0.15, 0.2) is 53.0 Å². The molecule has 3 rings (SSSR count). The van der Waals surface area contributed by atoms with E-state index in [1.165, 1.54) is 0 Å². The number of hydrogen-bond donors (Lipinski definition) is 2. The van der Waals surface area contributed by atoms with Crippen LogP contribution in [0.5, 0.6) is 5.75 Å². The van der Waals surface area contributed by atoms with Crippen molar-refractivity contribution in [3.05, 3.63) is 64.1 Å². The lowest BCUT2D eigenvalue weighted by Crippen LogP contribution is -2.43. The molecule has 0 bridgehead atoms. The topological polar surface area (TPSA) is 58.6 Å². The fourth-order valence-electron chi connectivity index (χ4n) is 2.58. The standard InChI is InChI=1S/C17H16BrNO3/c18-13-5-3-4-12(10-13)16(20)19-11-17(21)8-9-22-15-7-2-1-6-14(15)17/h1-7,10,21H,8-9,11H2,(H,19,20)/t17-/m1/s1. The van der Waals surface area contributed by atoms with Gasteiger partial charge in [-0.05, 0) is 24.3 Å². The number of carbonyl (C=O) groups is 1. The largest absolute Gasteiger partial charge is 0.493 e. The summed E-state index contributed by atoms with van der Waals surface area (Å²) in [6.45, 7) is 0.582. The molecular weight excluding hydrogens is 346 g/mol. The van der Waals surface area contributed by atoms with Gasteiger partial charge in [0.25, 0.3) is 5.91 Å². The molecule has 0 unspecified atom stereocenters. The van der Waals surface area contributed by atoms with E-state index in [9.17, 15) is 9.90 Å². The lowest BCUT2D eigenvalue weighted by molar-refractivity contribution is -0.00160. The van der Waals surface area contributed by atoms with Crippen molar-refractivity contribution in [3.63, 3.8) is 0 Å². The Morgan fingerprint density at radius 2 is 2.09 bits per heavy atom. The zero-order valence-corrected chi connectivity index (χ0v) is 13.5. The van der Waals surface area contributed by atoms with Crippen LogP contribution in [0.4, 0.5) is 0 Å². The van der Waals surface area contributed by atoms with Crippen molar-refractivity contribution in [2.24, 2.45) is 0 Å². The first-order valence-corrected chi connectivity index (χ1v) is 7.86. The number of aliphatic hydroxyl groups is 1. The Morgan fingerprint density at radius 1 is 1.27 bits per heavy atom. The average Bonchev–Trinajstić information content (AvgIpc) is 2.53. The molecule has 0 fully saturated rings. The maximum Gasteiger partial charge on any atom is 0.251 e. The number of para-hydroxylation sites is 1. The third-order valence-corrected chi connectivity index (χ3v) is 4.28. The van der Waals surface area contributed by atoms with Crippen LogP contribution < -0.4 is 10.1 Å². The Balaban J connectivity index is 1.75. The molecule has 1 atom stereocenters. The van der Waals surface area contributed by atoms with Crippen LogP contribution in [-0.2, 0) is 5.60 Å². The lowest BCUT2D eigenvalue weighted by atomic mass is 9.88. The van der Waals surface area contributed by atoms with Crippen LogP contribution in [0.25, 0.3) is 0 Å². The van der Waals surface area contributed by atoms with Crippen LogP contribution in [-0.4, -0.2) is 24.2 Å². The monoisotopic (exact) mass is 361 g/mol.